The van der Waals surface area contributed by atoms with E-state index in [-0.39, 0.29) is 6.10 Å². The summed E-state index contributed by atoms with van der Waals surface area (Å²) in [4.78, 5) is 14.2. The van der Waals surface area contributed by atoms with Gasteiger partial charge in [0.25, 0.3) is 0 Å². The Hall–Kier alpha value is -0.700. The van der Waals surface area contributed by atoms with E-state index >= 15 is 0 Å². The molecule has 0 aromatic heterocycles. The van der Waals surface area contributed by atoms with E-state index in [0.29, 0.717) is 6.54 Å². The first kappa shape index (κ1) is 13.9. The fraction of sp³-hybridized carbons (Fsp3) is 0.875. The third kappa shape index (κ3) is 22.8. The number of nitrogens with zero attached hydrogens (tertiary/aromatic N) is 2. The third-order valence-electron chi connectivity index (χ3n) is 0.852. The number of rotatable bonds is 3. The molecule has 0 saturated heterocycles. The van der Waals surface area contributed by atoms with Gasteiger partial charge in [0.05, 0.1) is 6.10 Å². The van der Waals surface area contributed by atoms with Gasteiger partial charge in [-0.3, -0.25) is 0 Å². The van der Waals surface area contributed by atoms with Crippen LogP contribution in [0, 0.1) is 0 Å². The summed E-state index contributed by atoms with van der Waals surface area (Å²) in [5.41, 5.74) is 0. The smallest absolute Gasteiger partial charge is 0.234 e. The van der Waals surface area contributed by atoms with E-state index in [0.717, 1.165) is 6.54 Å². The molecule has 0 aromatic rings. The minimum Gasteiger partial charge on any atom is -0.392 e. The Bertz CT molecular complexity index is 123. The maximum absolute atomic E-state index is 9.11. The first-order chi connectivity index (χ1) is 5.54. The summed E-state index contributed by atoms with van der Waals surface area (Å²) in [7, 11) is 3.87. The molecule has 0 fully saturated rings. The lowest BCUT2D eigenvalue weighted by Crippen LogP contribution is -2.22. The van der Waals surface area contributed by atoms with Gasteiger partial charge in [0, 0.05) is 13.1 Å². The number of isocyanates is 1. The van der Waals surface area contributed by atoms with Crippen LogP contribution in [0.25, 0.3) is 0 Å². The Morgan fingerprint density at radius 3 is 2.08 bits per heavy atom. The Kier molecular flexibility index (Phi) is 11.9. The molecular formula is C8H18N2O2. The van der Waals surface area contributed by atoms with Gasteiger partial charge in [0.15, 0.2) is 0 Å². The van der Waals surface area contributed by atoms with Crippen molar-refractivity contribution in [2.75, 3.05) is 27.2 Å². The van der Waals surface area contributed by atoms with Crippen LogP contribution in [0.5, 0.6) is 0 Å². The molecule has 1 N–H and O–H groups in total. The second-order valence-corrected chi connectivity index (χ2v) is 2.68. The zero-order valence-corrected chi connectivity index (χ0v) is 8.24. The fourth-order valence-electron chi connectivity index (χ4n) is 0.593. The molecule has 0 amide bonds. The first-order valence-electron chi connectivity index (χ1n) is 3.91. The molecule has 0 saturated carbocycles. The Labute approximate surface area is 73.9 Å². The van der Waals surface area contributed by atoms with E-state index in [1.54, 1.807) is 13.8 Å². The van der Waals surface area contributed by atoms with E-state index in [1.165, 1.54) is 6.08 Å². The van der Waals surface area contributed by atoms with Gasteiger partial charge in [-0.05, 0) is 27.9 Å². The van der Waals surface area contributed by atoms with Crippen molar-refractivity contribution in [1.29, 1.82) is 0 Å². The van der Waals surface area contributed by atoms with Crippen molar-refractivity contribution in [2.24, 2.45) is 4.99 Å². The van der Waals surface area contributed by atoms with Crippen LogP contribution in [-0.4, -0.2) is 49.4 Å². The van der Waals surface area contributed by atoms with Crippen molar-refractivity contribution in [3.63, 3.8) is 0 Å². The second kappa shape index (κ2) is 10.3. The summed E-state index contributed by atoms with van der Waals surface area (Å²) in [6.45, 7) is 4.86. The van der Waals surface area contributed by atoms with E-state index in [1.807, 2.05) is 19.0 Å². The maximum Gasteiger partial charge on any atom is 0.234 e. The van der Waals surface area contributed by atoms with Crippen LogP contribution in [0.15, 0.2) is 4.99 Å². The van der Waals surface area contributed by atoms with Crippen molar-refractivity contribution in [3.05, 3.63) is 0 Å². The molecule has 72 valence electrons. The average molecular weight is 174 g/mol. The minimum absolute atomic E-state index is 0.199. The lowest BCUT2D eigenvalue weighted by Gasteiger charge is -2.10. The normalized spacial score (nSPS) is 11.2. The molecule has 12 heavy (non-hydrogen) atoms. The van der Waals surface area contributed by atoms with Gasteiger partial charge in [-0.25, -0.2) is 9.79 Å². The summed E-state index contributed by atoms with van der Waals surface area (Å²) in [6.07, 6.45) is 1.19. The fourth-order valence-corrected chi connectivity index (χ4v) is 0.593. The molecular weight excluding hydrogens is 156 g/mol. The number of aliphatic hydroxyl groups is 1. The Balaban J connectivity index is 0. The molecule has 0 bridgehead atoms. The van der Waals surface area contributed by atoms with Gasteiger partial charge in [-0.15, -0.1) is 0 Å². The lowest BCUT2D eigenvalue weighted by molar-refractivity contribution is 0.154. The predicted octanol–water partition coefficient (Wildman–Crippen LogP) is 0.271. The molecule has 1 unspecified atom stereocenters. The van der Waals surface area contributed by atoms with Crippen molar-refractivity contribution in [2.45, 2.75) is 20.0 Å². The molecule has 0 aliphatic heterocycles. The average Bonchev–Trinajstić information content (AvgIpc) is 1.87. The predicted molar refractivity (Wildman–Crippen MR) is 48.9 cm³/mol. The highest BCUT2D eigenvalue weighted by Crippen LogP contribution is 1.80. The van der Waals surface area contributed by atoms with Crippen LogP contribution in [0.1, 0.15) is 13.8 Å². The summed E-state index contributed by atoms with van der Waals surface area (Å²) in [5, 5.41) is 8.68. The molecule has 4 nitrogen and oxygen atoms in total. The quantitative estimate of drug-likeness (QED) is 0.493. The number of aliphatic hydroxyl groups excluding tert-OH is 1. The van der Waals surface area contributed by atoms with Crippen LogP contribution in [0.3, 0.4) is 0 Å². The monoisotopic (exact) mass is 174 g/mol. The zero-order chi connectivity index (χ0) is 9.98. The van der Waals surface area contributed by atoms with Gasteiger partial charge in [0.2, 0.25) is 6.08 Å². The Morgan fingerprint density at radius 1 is 1.58 bits per heavy atom. The molecule has 0 aromatic carbocycles. The van der Waals surface area contributed by atoms with Crippen LogP contribution in [0.4, 0.5) is 0 Å². The minimum atomic E-state index is -0.199. The van der Waals surface area contributed by atoms with Gasteiger partial charge >= 0.3 is 0 Å². The molecule has 0 heterocycles. The summed E-state index contributed by atoms with van der Waals surface area (Å²) < 4.78 is 0. The number of hydrogen-bond donors (Lipinski definition) is 1. The summed E-state index contributed by atoms with van der Waals surface area (Å²) in [6, 6.07) is 0. The number of hydrogen-bond acceptors (Lipinski definition) is 4. The third-order valence-corrected chi connectivity index (χ3v) is 0.852. The van der Waals surface area contributed by atoms with Crippen LogP contribution in [0.2, 0.25) is 0 Å². The molecule has 4 heteroatoms. The van der Waals surface area contributed by atoms with Crippen molar-refractivity contribution < 1.29 is 9.90 Å². The highest BCUT2D eigenvalue weighted by molar-refractivity contribution is 5.32. The van der Waals surface area contributed by atoms with Gasteiger partial charge in [-0.2, -0.15) is 0 Å². The molecule has 1 atom stereocenters. The highest BCUT2D eigenvalue weighted by Gasteiger charge is 1.93. The van der Waals surface area contributed by atoms with E-state index in [9.17, 15) is 0 Å². The van der Waals surface area contributed by atoms with Crippen LogP contribution in [-0.2, 0) is 4.79 Å². The molecule has 0 spiro atoms. The number of aliphatic imine (C=N–C) groups is 1. The summed E-state index contributed by atoms with van der Waals surface area (Å²) >= 11 is 0. The molecule has 0 aliphatic rings. The molecule has 0 rings (SSSR count). The van der Waals surface area contributed by atoms with Crippen LogP contribution >= 0.6 is 0 Å². The SMILES string of the molecule is CC(O)CN(C)C.CCN=C=O. The number of carbonyl (C=O) groups excluding carboxylic acids is 1. The van der Waals surface area contributed by atoms with Crippen molar-refractivity contribution in [1.82, 2.24) is 4.90 Å². The molecule has 0 aliphatic carbocycles. The highest BCUT2D eigenvalue weighted by atomic mass is 16.3. The largest absolute Gasteiger partial charge is 0.392 e. The first-order valence-corrected chi connectivity index (χ1v) is 3.91. The zero-order valence-electron chi connectivity index (χ0n) is 8.24. The van der Waals surface area contributed by atoms with Crippen LogP contribution < -0.4 is 0 Å². The second-order valence-electron chi connectivity index (χ2n) is 2.68. The van der Waals surface area contributed by atoms with Crippen molar-refractivity contribution in [3.8, 4) is 0 Å². The van der Waals surface area contributed by atoms with E-state index in [2.05, 4.69) is 4.99 Å². The maximum atomic E-state index is 9.11. The van der Waals surface area contributed by atoms with E-state index in [4.69, 9.17) is 9.90 Å². The van der Waals surface area contributed by atoms with E-state index < -0.39 is 0 Å². The molecule has 0 radical (unpaired) electrons. The lowest BCUT2D eigenvalue weighted by atomic mass is 10.4. The van der Waals surface area contributed by atoms with Crippen molar-refractivity contribution >= 4 is 6.08 Å². The number of likely N-dealkylation sites (N-methyl/N-ethyl adjacent to an activating group) is 1. The van der Waals surface area contributed by atoms with Gasteiger partial charge < -0.3 is 10.0 Å². The topological polar surface area (TPSA) is 52.9 Å². The summed E-state index contributed by atoms with van der Waals surface area (Å²) in [5.74, 6) is 0. The standard InChI is InChI=1S/C5H13NO.C3H5NO/c1-5(7)4-6(2)3;1-2-4-3-5/h5,7H,4H2,1-3H3;2H2,1H3. The van der Waals surface area contributed by atoms with Gasteiger partial charge in [0.1, 0.15) is 0 Å². The van der Waals surface area contributed by atoms with Gasteiger partial charge in [-0.1, -0.05) is 0 Å². The Morgan fingerprint density at radius 2 is 2.08 bits per heavy atom.